The van der Waals surface area contributed by atoms with E-state index in [9.17, 15) is 0 Å². The Morgan fingerprint density at radius 3 is 3.08 bits per heavy atom. The second-order valence-electron chi connectivity index (χ2n) is 2.69. The lowest BCUT2D eigenvalue weighted by atomic mass is 10.1. The fraction of sp³-hybridized carbons (Fsp3) is 0.125. The van der Waals surface area contributed by atoms with Crippen molar-refractivity contribution in [2.45, 2.75) is 6.42 Å². The quantitative estimate of drug-likeness (QED) is 0.722. The highest BCUT2D eigenvalue weighted by molar-refractivity contribution is 7.80. The minimum absolute atomic E-state index is 0.440. The fourth-order valence-electron chi connectivity index (χ4n) is 1.19. The van der Waals surface area contributed by atoms with Crippen molar-refractivity contribution in [2.75, 3.05) is 0 Å². The number of benzene rings is 1. The molecule has 5 heteroatoms. The maximum Gasteiger partial charge on any atom is 0.138 e. The van der Waals surface area contributed by atoms with Gasteiger partial charge in [0.2, 0.25) is 0 Å². The van der Waals surface area contributed by atoms with Gasteiger partial charge in [-0.1, -0.05) is 24.4 Å². The summed E-state index contributed by atoms with van der Waals surface area (Å²) < 4.78 is 4.60. The predicted molar refractivity (Wildman–Crippen MR) is 52.3 cm³/mol. The van der Waals surface area contributed by atoms with E-state index in [0.29, 0.717) is 11.4 Å². The summed E-state index contributed by atoms with van der Waals surface area (Å²) in [6.07, 6.45) is 0.529. The van der Waals surface area contributed by atoms with E-state index in [0.717, 1.165) is 16.6 Å². The predicted octanol–water partition coefficient (Wildman–Crippen LogP) is 1.05. The molecule has 0 aliphatic rings. The molecule has 1 aromatic heterocycles. The number of nitrogens with two attached hydrogens (primary N) is 1. The zero-order valence-electron chi connectivity index (χ0n) is 6.73. The Labute approximate surface area is 79.7 Å². The number of aromatic nitrogens is 2. The van der Waals surface area contributed by atoms with E-state index in [-0.39, 0.29) is 0 Å². The highest BCUT2D eigenvalue weighted by atomic mass is 32.1. The van der Waals surface area contributed by atoms with Gasteiger partial charge in [0.15, 0.2) is 0 Å². The molecule has 2 N–H and O–H groups in total. The average molecular weight is 193 g/mol. The van der Waals surface area contributed by atoms with E-state index in [1.807, 2.05) is 18.2 Å². The Morgan fingerprint density at radius 2 is 2.31 bits per heavy atom. The first kappa shape index (κ1) is 8.12. The van der Waals surface area contributed by atoms with E-state index in [1.54, 1.807) is 0 Å². The number of nitrogens with zero attached hydrogens (tertiary/aromatic N) is 2. The van der Waals surface area contributed by atoms with Gasteiger partial charge in [-0.25, -0.2) is 4.63 Å². The van der Waals surface area contributed by atoms with Crippen molar-refractivity contribution >= 4 is 28.2 Å². The van der Waals surface area contributed by atoms with Gasteiger partial charge in [0, 0.05) is 6.42 Å². The molecule has 0 saturated carbocycles. The number of rotatable bonds is 2. The molecule has 1 aromatic carbocycles. The number of thiocarbonyl (C=S) groups is 1. The zero-order valence-corrected chi connectivity index (χ0v) is 7.54. The van der Waals surface area contributed by atoms with Crippen LogP contribution in [0.15, 0.2) is 22.8 Å². The lowest BCUT2D eigenvalue weighted by Gasteiger charge is -1.97. The van der Waals surface area contributed by atoms with E-state index in [4.69, 9.17) is 18.0 Å². The third kappa shape index (κ3) is 1.50. The SMILES string of the molecule is NC(=S)Cc1cccc2nonc12. The second-order valence-corrected chi connectivity index (χ2v) is 3.22. The molecule has 0 aliphatic carbocycles. The summed E-state index contributed by atoms with van der Waals surface area (Å²) in [4.78, 5) is 0.440. The van der Waals surface area contributed by atoms with Crippen molar-refractivity contribution in [1.29, 1.82) is 0 Å². The van der Waals surface area contributed by atoms with Crippen LogP contribution in [0.5, 0.6) is 0 Å². The topological polar surface area (TPSA) is 64.9 Å². The van der Waals surface area contributed by atoms with Crippen LogP contribution in [0.2, 0.25) is 0 Å². The van der Waals surface area contributed by atoms with Crippen LogP contribution in [-0.2, 0) is 6.42 Å². The molecule has 0 amide bonds. The maximum atomic E-state index is 5.44. The van der Waals surface area contributed by atoms with Crippen molar-refractivity contribution in [2.24, 2.45) is 5.73 Å². The van der Waals surface area contributed by atoms with Crippen LogP contribution < -0.4 is 5.73 Å². The van der Waals surface area contributed by atoms with E-state index >= 15 is 0 Å². The first-order valence-corrected chi connectivity index (χ1v) is 4.16. The van der Waals surface area contributed by atoms with E-state index in [1.165, 1.54) is 0 Å². The highest BCUT2D eigenvalue weighted by Gasteiger charge is 2.06. The van der Waals surface area contributed by atoms with Crippen LogP contribution in [-0.4, -0.2) is 15.3 Å². The molecular weight excluding hydrogens is 186 g/mol. The smallest absolute Gasteiger partial charge is 0.138 e. The van der Waals surface area contributed by atoms with Gasteiger partial charge in [-0.05, 0) is 21.9 Å². The van der Waals surface area contributed by atoms with Crippen LogP contribution in [0, 0.1) is 0 Å². The first-order valence-electron chi connectivity index (χ1n) is 3.76. The number of hydrogen-bond acceptors (Lipinski definition) is 4. The second kappa shape index (κ2) is 3.10. The van der Waals surface area contributed by atoms with Crippen molar-refractivity contribution in [3.8, 4) is 0 Å². The molecule has 0 atom stereocenters. The molecule has 66 valence electrons. The van der Waals surface area contributed by atoms with Gasteiger partial charge in [0.25, 0.3) is 0 Å². The van der Waals surface area contributed by atoms with Crippen molar-refractivity contribution in [3.05, 3.63) is 23.8 Å². The largest absolute Gasteiger partial charge is 0.393 e. The van der Waals surface area contributed by atoms with Gasteiger partial charge in [0.05, 0.1) is 4.99 Å². The van der Waals surface area contributed by atoms with Gasteiger partial charge in [-0.2, -0.15) is 0 Å². The monoisotopic (exact) mass is 193 g/mol. The lowest BCUT2D eigenvalue weighted by molar-refractivity contribution is 0.315. The summed E-state index contributed by atoms with van der Waals surface area (Å²) >= 11 is 4.81. The zero-order chi connectivity index (χ0) is 9.26. The first-order chi connectivity index (χ1) is 6.27. The van der Waals surface area contributed by atoms with Gasteiger partial charge in [0.1, 0.15) is 11.0 Å². The minimum atomic E-state index is 0.440. The number of fused-ring (bicyclic) bond motifs is 1. The molecular formula is C8H7N3OS. The summed E-state index contributed by atoms with van der Waals surface area (Å²) in [5.74, 6) is 0. The molecule has 0 fully saturated rings. The molecule has 2 rings (SSSR count). The maximum absolute atomic E-state index is 5.44. The Bertz CT molecular complexity index is 451. The summed E-state index contributed by atoms with van der Waals surface area (Å²) in [6, 6.07) is 5.61. The van der Waals surface area contributed by atoms with Gasteiger partial charge in [-0.3, -0.25) is 0 Å². The van der Waals surface area contributed by atoms with Crippen LogP contribution >= 0.6 is 12.2 Å². The molecule has 0 bridgehead atoms. The van der Waals surface area contributed by atoms with Gasteiger partial charge >= 0.3 is 0 Å². The van der Waals surface area contributed by atoms with Crippen molar-refractivity contribution in [1.82, 2.24) is 10.3 Å². The third-order valence-corrected chi connectivity index (χ3v) is 1.88. The van der Waals surface area contributed by atoms with Crippen LogP contribution in [0.3, 0.4) is 0 Å². The average Bonchev–Trinajstić information content (AvgIpc) is 2.51. The van der Waals surface area contributed by atoms with E-state index < -0.39 is 0 Å². The molecule has 0 spiro atoms. The van der Waals surface area contributed by atoms with Gasteiger partial charge < -0.3 is 5.73 Å². The Balaban J connectivity index is 2.54. The normalized spacial score (nSPS) is 10.5. The molecule has 0 saturated heterocycles. The van der Waals surface area contributed by atoms with Gasteiger partial charge in [-0.15, -0.1) is 0 Å². The minimum Gasteiger partial charge on any atom is -0.393 e. The Morgan fingerprint density at radius 1 is 1.46 bits per heavy atom. The molecule has 13 heavy (non-hydrogen) atoms. The fourth-order valence-corrected chi connectivity index (χ4v) is 1.35. The molecule has 0 unspecified atom stereocenters. The summed E-state index contributed by atoms with van der Waals surface area (Å²) in [5.41, 5.74) is 7.85. The Hall–Kier alpha value is -1.49. The van der Waals surface area contributed by atoms with Crippen LogP contribution in [0.4, 0.5) is 0 Å². The standard InChI is InChI=1S/C8H7N3OS/c9-7(13)4-5-2-1-3-6-8(5)11-12-10-6/h1-3H,4H2,(H2,9,13). The van der Waals surface area contributed by atoms with Crippen LogP contribution in [0.1, 0.15) is 5.56 Å². The molecule has 1 heterocycles. The van der Waals surface area contributed by atoms with Crippen molar-refractivity contribution in [3.63, 3.8) is 0 Å². The van der Waals surface area contributed by atoms with E-state index in [2.05, 4.69) is 14.9 Å². The molecule has 2 aromatic rings. The summed E-state index contributed by atoms with van der Waals surface area (Å²) in [7, 11) is 0. The number of hydrogen-bond donors (Lipinski definition) is 1. The summed E-state index contributed by atoms with van der Waals surface area (Å²) in [6.45, 7) is 0. The Kier molecular flexibility index (Phi) is 1.94. The third-order valence-electron chi connectivity index (χ3n) is 1.73. The molecule has 0 aliphatic heterocycles. The summed E-state index contributed by atoms with van der Waals surface area (Å²) in [5, 5.41) is 7.49. The van der Waals surface area contributed by atoms with Crippen LogP contribution in [0.25, 0.3) is 11.0 Å². The van der Waals surface area contributed by atoms with Crippen molar-refractivity contribution < 1.29 is 4.63 Å². The molecule has 4 nitrogen and oxygen atoms in total. The molecule has 0 radical (unpaired) electrons. The highest BCUT2D eigenvalue weighted by Crippen LogP contribution is 2.14. The lowest BCUT2D eigenvalue weighted by Crippen LogP contribution is -2.11.